The second-order valence-corrected chi connectivity index (χ2v) is 6.28. The fourth-order valence-electron chi connectivity index (χ4n) is 2.35. The van der Waals surface area contributed by atoms with Crippen molar-refractivity contribution in [3.05, 3.63) is 70.7 Å². The van der Waals surface area contributed by atoms with Gasteiger partial charge >= 0.3 is 5.97 Å². The van der Waals surface area contributed by atoms with Crippen molar-refractivity contribution in [3.8, 4) is 16.9 Å². The Hall–Kier alpha value is -2.66. The Bertz CT molecular complexity index is 812. The Morgan fingerprint density at radius 3 is 2.48 bits per heavy atom. The Labute approximate surface area is 151 Å². The molecule has 128 valence electrons. The van der Waals surface area contributed by atoms with Crippen LogP contribution >= 0.6 is 11.3 Å². The maximum Gasteiger partial charge on any atom is 0.357 e. The number of ether oxygens (including phenoxy) is 2. The van der Waals surface area contributed by atoms with Gasteiger partial charge in [-0.2, -0.15) is 0 Å². The van der Waals surface area contributed by atoms with E-state index in [1.54, 1.807) is 12.3 Å². The predicted octanol–water partition coefficient (Wildman–Crippen LogP) is 4.61. The molecular formula is C20H19NO3S. The summed E-state index contributed by atoms with van der Waals surface area (Å²) < 4.78 is 10.7. The number of hydrogen-bond acceptors (Lipinski definition) is 5. The Balaban J connectivity index is 1.52. The van der Waals surface area contributed by atoms with Crippen LogP contribution in [0.4, 0.5) is 0 Å². The SMILES string of the molecule is CCOC(=O)c1csc(CCOc2ccc(-c3ccccc3)cc2)n1. The minimum Gasteiger partial charge on any atom is -0.493 e. The minimum absolute atomic E-state index is 0.355. The second kappa shape index (κ2) is 8.44. The average molecular weight is 353 g/mol. The van der Waals surface area contributed by atoms with E-state index in [-0.39, 0.29) is 5.97 Å². The highest BCUT2D eigenvalue weighted by molar-refractivity contribution is 7.09. The molecule has 0 bridgehead atoms. The van der Waals surface area contributed by atoms with Gasteiger partial charge in [-0.3, -0.25) is 0 Å². The fraction of sp³-hybridized carbons (Fsp3) is 0.200. The molecule has 1 heterocycles. The average Bonchev–Trinajstić information content (AvgIpc) is 3.12. The fourth-order valence-corrected chi connectivity index (χ4v) is 3.10. The second-order valence-electron chi connectivity index (χ2n) is 5.34. The van der Waals surface area contributed by atoms with Crippen molar-refractivity contribution in [3.63, 3.8) is 0 Å². The van der Waals surface area contributed by atoms with Crippen LogP contribution in [0.3, 0.4) is 0 Å². The van der Waals surface area contributed by atoms with Crippen LogP contribution in [-0.2, 0) is 11.2 Å². The molecule has 0 aliphatic heterocycles. The molecule has 0 aliphatic rings. The van der Waals surface area contributed by atoms with E-state index in [0.717, 1.165) is 16.3 Å². The third-order valence-corrected chi connectivity index (χ3v) is 4.49. The molecule has 0 saturated heterocycles. The number of aromatic nitrogens is 1. The monoisotopic (exact) mass is 353 g/mol. The summed E-state index contributed by atoms with van der Waals surface area (Å²) in [5.41, 5.74) is 2.71. The summed E-state index contributed by atoms with van der Waals surface area (Å²) in [6.45, 7) is 2.65. The Kier molecular flexibility index (Phi) is 5.80. The van der Waals surface area contributed by atoms with Crippen molar-refractivity contribution in [2.75, 3.05) is 13.2 Å². The molecule has 0 N–H and O–H groups in total. The molecule has 0 unspecified atom stereocenters. The van der Waals surface area contributed by atoms with Gasteiger partial charge in [0.2, 0.25) is 0 Å². The molecule has 0 spiro atoms. The van der Waals surface area contributed by atoms with Crippen molar-refractivity contribution < 1.29 is 14.3 Å². The van der Waals surface area contributed by atoms with Gasteiger partial charge in [0.25, 0.3) is 0 Å². The molecule has 0 fully saturated rings. The molecule has 5 heteroatoms. The molecule has 3 aromatic rings. The highest BCUT2D eigenvalue weighted by atomic mass is 32.1. The number of carbonyl (C=O) groups excluding carboxylic acids is 1. The van der Waals surface area contributed by atoms with Crippen LogP contribution in [0.15, 0.2) is 60.0 Å². The van der Waals surface area contributed by atoms with E-state index in [2.05, 4.69) is 17.1 Å². The summed E-state index contributed by atoms with van der Waals surface area (Å²) in [5.74, 6) is 0.448. The molecule has 3 rings (SSSR count). The molecule has 0 radical (unpaired) electrons. The van der Waals surface area contributed by atoms with E-state index in [1.165, 1.54) is 16.9 Å². The highest BCUT2D eigenvalue weighted by Gasteiger charge is 2.11. The van der Waals surface area contributed by atoms with E-state index in [4.69, 9.17) is 9.47 Å². The molecular weight excluding hydrogens is 334 g/mol. The molecule has 4 nitrogen and oxygen atoms in total. The number of nitrogens with zero attached hydrogens (tertiary/aromatic N) is 1. The first-order valence-corrected chi connectivity index (χ1v) is 9.04. The maximum atomic E-state index is 11.6. The first kappa shape index (κ1) is 17.2. The Morgan fingerprint density at radius 2 is 1.76 bits per heavy atom. The van der Waals surface area contributed by atoms with E-state index in [1.807, 2.05) is 42.5 Å². The number of thiazole rings is 1. The highest BCUT2D eigenvalue weighted by Crippen LogP contribution is 2.22. The van der Waals surface area contributed by atoms with Gasteiger partial charge in [-0.1, -0.05) is 42.5 Å². The Morgan fingerprint density at radius 1 is 1.04 bits per heavy atom. The van der Waals surface area contributed by atoms with Gasteiger partial charge in [-0.25, -0.2) is 9.78 Å². The first-order valence-electron chi connectivity index (χ1n) is 8.16. The van der Waals surface area contributed by atoms with E-state index in [9.17, 15) is 4.79 Å². The van der Waals surface area contributed by atoms with Gasteiger partial charge in [0.15, 0.2) is 5.69 Å². The van der Waals surface area contributed by atoms with Gasteiger partial charge in [0.05, 0.1) is 18.2 Å². The summed E-state index contributed by atoms with van der Waals surface area (Å²) in [5, 5.41) is 2.59. The zero-order valence-electron chi connectivity index (χ0n) is 14.0. The normalized spacial score (nSPS) is 10.4. The smallest absolute Gasteiger partial charge is 0.357 e. The topological polar surface area (TPSA) is 48.4 Å². The molecule has 0 aliphatic carbocycles. The van der Waals surface area contributed by atoms with Crippen LogP contribution in [0.25, 0.3) is 11.1 Å². The molecule has 0 amide bonds. The van der Waals surface area contributed by atoms with E-state index < -0.39 is 0 Å². The van der Waals surface area contributed by atoms with Crippen LogP contribution in [-0.4, -0.2) is 24.2 Å². The zero-order valence-corrected chi connectivity index (χ0v) is 14.8. The molecule has 1 aromatic heterocycles. The van der Waals surface area contributed by atoms with Crippen molar-refractivity contribution in [2.45, 2.75) is 13.3 Å². The minimum atomic E-state index is -0.373. The number of rotatable bonds is 7. The van der Waals surface area contributed by atoms with Gasteiger partial charge in [-0.15, -0.1) is 11.3 Å². The summed E-state index contributed by atoms with van der Waals surface area (Å²) >= 11 is 1.45. The van der Waals surface area contributed by atoms with Crippen molar-refractivity contribution >= 4 is 17.3 Å². The van der Waals surface area contributed by atoms with Gasteiger partial charge in [0.1, 0.15) is 5.75 Å². The summed E-state index contributed by atoms with van der Waals surface area (Å²) in [4.78, 5) is 15.9. The van der Waals surface area contributed by atoms with Gasteiger partial charge in [-0.05, 0) is 30.2 Å². The van der Waals surface area contributed by atoms with Crippen LogP contribution < -0.4 is 4.74 Å². The third-order valence-electron chi connectivity index (χ3n) is 3.58. The summed E-state index contributed by atoms with van der Waals surface area (Å²) in [6, 6.07) is 18.3. The third kappa shape index (κ3) is 4.67. The molecule has 0 saturated carbocycles. The van der Waals surface area contributed by atoms with Crippen LogP contribution in [0.2, 0.25) is 0 Å². The number of benzene rings is 2. The lowest BCUT2D eigenvalue weighted by molar-refractivity contribution is 0.0520. The largest absolute Gasteiger partial charge is 0.493 e. The van der Waals surface area contributed by atoms with Crippen molar-refractivity contribution in [1.82, 2.24) is 4.98 Å². The molecule has 25 heavy (non-hydrogen) atoms. The lowest BCUT2D eigenvalue weighted by Crippen LogP contribution is -2.06. The van der Waals surface area contributed by atoms with E-state index in [0.29, 0.717) is 25.3 Å². The number of esters is 1. The first-order chi connectivity index (χ1) is 12.3. The summed E-state index contributed by atoms with van der Waals surface area (Å²) in [7, 11) is 0. The van der Waals surface area contributed by atoms with Crippen LogP contribution in [0, 0.1) is 0 Å². The molecule has 2 aromatic carbocycles. The quantitative estimate of drug-likeness (QED) is 0.582. The lowest BCUT2D eigenvalue weighted by atomic mass is 10.1. The molecule has 0 atom stereocenters. The summed E-state index contributed by atoms with van der Waals surface area (Å²) in [6.07, 6.45) is 0.657. The predicted molar refractivity (Wildman–Crippen MR) is 99.1 cm³/mol. The van der Waals surface area contributed by atoms with Crippen molar-refractivity contribution in [1.29, 1.82) is 0 Å². The van der Waals surface area contributed by atoms with Crippen LogP contribution in [0.1, 0.15) is 22.4 Å². The van der Waals surface area contributed by atoms with Crippen molar-refractivity contribution in [2.24, 2.45) is 0 Å². The zero-order chi connectivity index (χ0) is 17.5. The number of carbonyl (C=O) groups is 1. The maximum absolute atomic E-state index is 11.6. The van der Waals surface area contributed by atoms with Gasteiger partial charge in [0, 0.05) is 11.8 Å². The number of hydrogen-bond donors (Lipinski definition) is 0. The van der Waals surface area contributed by atoms with E-state index >= 15 is 0 Å². The standard InChI is InChI=1S/C20H19NO3S/c1-2-23-20(22)18-14-25-19(21-18)12-13-24-17-10-8-16(9-11-17)15-6-4-3-5-7-15/h3-11,14H,2,12-13H2,1H3. The van der Waals surface area contributed by atoms with Gasteiger partial charge < -0.3 is 9.47 Å². The van der Waals surface area contributed by atoms with Crippen LogP contribution in [0.5, 0.6) is 5.75 Å². The lowest BCUT2D eigenvalue weighted by Gasteiger charge is -2.06.